The highest BCUT2D eigenvalue weighted by molar-refractivity contribution is 8.01. The van der Waals surface area contributed by atoms with Gasteiger partial charge in [-0.1, -0.05) is 11.3 Å². The zero-order chi connectivity index (χ0) is 15.7. The second kappa shape index (κ2) is 5.82. The molecule has 2 heterocycles. The van der Waals surface area contributed by atoms with Gasteiger partial charge < -0.3 is 5.11 Å². The highest BCUT2D eigenvalue weighted by atomic mass is 32.2. The molecule has 2 aromatic rings. The van der Waals surface area contributed by atoms with Crippen LogP contribution in [0.3, 0.4) is 0 Å². The number of aromatic carboxylic acids is 1. The SMILES string of the molecule is CCn1nc(C)c([N+](=O)[O-])c1Sc1nc(C)c(C(=O)O)s1. The van der Waals surface area contributed by atoms with Crippen LogP contribution in [-0.4, -0.2) is 30.8 Å². The second-order valence-electron chi connectivity index (χ2n) is 4.11. The minimum absolute atomic E-state index is 0.0634. The Bertz CT molecular complexity index is 722. The summed E-state index contributed by atoms with van der Waals surface area (Å²) in [5.41, 5.74) is 0.666. The Kier molecular flexibility index (Phi) is 4.28. The summed E-state index contributed by atoms with van der Waals surface area (Å²) in [5, 5.41) is 24.7. The molecule has 0 saturated heterocycles. The van der Waals surface area contributed by atoms with Crippen LogP contribution in [0.15, 0.2) is 9.37 Å². The summed E-state index contributed by atoms with van der Waals surface area (Å²) in [6.07, 6.45) is 0. The fraction of sp³-hybridized carbons (Fsp3) is 0.364. The Hall–Kier alpha value is -1.94. The van der Waals surface area contributed by atoms with Crippen LogP contribution < -0.4 is 0 Å². The van der Waals surface area contributed by atoms with Crippen molar-refractivity contribution in [3.63, 3.8) is 0 Å². The topological polar surface area (TPSA) is 111 Å². The van der Waals surface area contributed by atoms with Gasteiger partial charge >= 0.3 is 11.7 Å². The van der Waals surface area contributed by atoms with Gasteiger partial charge in [0.2, 0.25) is 0 Å². The van der Waals surface area contributed by atoms with E-state index in [-0.39, 0.29) is 10.6 Å². The van der Waals surface area contributed by atoms with Crippen LogP contribution in [0.4, 0.5) is 5.69 Å². The van der Waals surface area contributed by atoms with Crippen molar-refractivity contribution in [2.24, 2.45) is 0 Å². The average molecular weight is 328 g/mol. The molecule has 0 fully saturated rings. The molecule has 0 radical (unpaired) electrons. The van der Waals surface area contributed by atoms with Gasteiger partial charge in [0.1, 0.15) is 10.6 Å². The summed E-state index contributed by atoms with van der Waals surface area (Å²) in [6, 6.07) is 0. The molecule has 112 valence electrons. The summed E-state index contributed by atoms with van der Waals surface area (Å²) in [4.78, 5) is 26.0. The van der Waals surface area contributed by atoms with E-state index in [1.807, 2.05) is 6.92 Å². The zero-order valence-corrected chi connectivity index (χ0v) is 13.1. The Labute approximate surface area is 128 Å². The second-order valence-corrected chi connectivity index (χ2v) is 6.35. The Balaban J connectivity index is 2.46. The maximum absolute atomic E-state index is 11.2. The average Bonchev–Trinajstić information content (AvgIpc) is 2.90. The Morgan fingerprint density at radius 1 is 1.48 bits per heavy atom. The number of carboxylic acid groups (broad SMARTS) is 1. The van der Waals surface area contributed by atoms with Gasteiger partial charge in [-0.25, -0.2) is 9.78 Å². The molecule has 1 N–H and O–H groups in total. The number of aryl methyl sites for hydroxylation is 3. The Morgan fingerprint density at radius 2 is 2.14 bits per heavy atom. The standard InChI is InChI=1S/C11H12N4O4S2/c1-4-14-9(7(15(18)19)5(2)13-14)21-11-12-6(3)8(20-11)10(16)17/h4H2,1-3H3,(H,16,17). The van der Waals surface area contributed by atoms with Crippen molar-refractivity contribution in [1.82, 2.24) is 14.8 Å². The molecule has 10 heteroatoms. The number of nitrogens with zero attached hydrogens (tertiary/aromatic N) is 4. The molecule has 0 aliphatic heterocycles. The number of carboxylic acids is 1. The lowest BCUT2D eigenvalue weighted by molar-refractivity contribution is -0.388. The highest BCUT2D eigenvalue weighted by Gasteiger charge is 2.27. The lowest BCUT2D eigenvalue weighted by atomic mass is 10.4. The van der Waals surface area contributed by atoms with Crippen LogP contribution in [0.5, 0.6) is 0 Å². The molecule has 0 atom stereocenters. The molecule has 0 aliphatic carbocycles. The van der Waals surface area contributed by atoms with Crippen LogP contribution in [0, 0.1) is 24.0 Å². The number of hydrogen-bond acceptors (Lipinski definition) is 7. The third-order valence-electron chi connectivity index (χ3n) is 2.69. The summed E-state index contributed by atoms with van der Waals surface area (Å²) in [7, 11) is 0. The normalized spacial score (nSPS) is 10.8. The van der Waals surface area contributed by atoms with Gasteiger partial charge in [-0.05, 0) is 32.5 Å². The van der Waals surface area contributed by atoms with Crippen molar-refractivity contribution in [3.05, 3.63) is 26.4 Å². The first-order valence-corrected chi connectivity index (χ1v) is 7.58. The summed E-state index contributed by atoms with van der Waals surface area (Å²) in [6.45, 7) is 5.48. The Morgan fingerprint density at radius 3 is 2.62 bits per heavy atom. The van der Waals surface area contributed by atoms with Crippen molar-refractivity contribution in [2.45, 2.75) is 36.7 Å². The van der Waals surface area contributed by atoms with E-state index in [0.29, 0.717) is 27.3 Å². The predicted octanol–water partition coefficient (Wildman–Crippen LogP) is 2.73. The third kappa shape index (κ3) is 2.90. The maximum atomic E-state index is 11.2. The molecule has 0 aliphatic rings. The van der Waals surface area contributed by atoms with Gasteiger partial charge in [-0.3, -0.25) is 14.8 Å². The number of thiazole rings is 1. The van der Waals surface area contributed by atoms with Crippen LogP contribution in [-0.2, 0) is 6.54 Å². The molecule has 2 aromatic heterocycles. The van der Waals surface area contributed by atoms with E-state index in [2.05, 4.69) is 10.1 Å². The summed E-state index contributed by atoms with van der Waals surface area (Å²) >= 11 is 2.07. The summed E-state index contributed by atoms with van der Waals surface area (Å²) < 4.78 is 1.97. The van der Waals surface area contributed by atoms with Gasteiger partial charge in [-0.15, -0.1) is 0 Å². The maximum Gasteiger partial charge on any atom is 0.347 e. The lowest BCUT2D eigenvalue weighted by Crippen LogP contribution is -1.99. The van der Waals surface area contributed by atoms with Gasteiger partial charge in [0.25, 0.3) is 0 Å². The molecule has 0 amide bonds. The van der Waals surface area contributed by atoms with E-state index < -0.39 is 10.9 Å². The van der Waals surface area contributed by atoms with E-state index in [9.17, 15) is 14.9 Å². The van der Waals surface area contributed by atoms with Crippen molar-refractivity contribution in [3.8, 4) is 0 Å². The van der Waals surface area contributed by atoms with Gasteiger partial charge in [0.05, 0.1) is 10.6 Å². The molecule has 2 rings (SSSR count). The number of hydrogen-bond donors (Lipinski definition) is 1. The predicted molar refractivity (Wildman–Crippen MR) is 77.2 cm³/mol. The number of aromatic nitrogens is 3. The van der Waals surface area contributed by atoms with Crippen LogP contribution in [0.1, 0.15) is 28.0 Å². The number of nitro groups is 1. The van der Waals surface area contributed by atoms with Crippen molar-refractivity contribution >= 4 is 34.8 Å². The number of carbonyl (C=O) groups is 1. The first-order valence-electron chi connectivity index (χ1n) is 5.95. The molecule has 0 spiro atoms. The zero-order valence-electron chi connectivity index (χ0n) is 11.5. The summed E-state index contributed by atoms with van der Waals surface area (Å²) in [5.74, 6) is -1.05. The van der Waals surface area contributed by atoms with Crippen LogP contribution in [0.2, 0.25) is 0 Å². The largest absolute Gasteiger partial charge is 0.477 e. The number of rotatable bonds is 5. The molecular formula is C11H12N4O4S2. The highest BCUT2D eigenvalue weighted by Crippen LogP contribution is 2.39. The van der Waals surface area contributed by atoms with Crippen molar-refractivity contribution in [2.75, 3.05) is 0 Å². The van der Waals surface area contributed by atoms with Crippen LogP contribution in [0.25, 0.3) is 0 Å². The monoisotopic (exact) mass is 328 g/mol. The fourth-order valence-corrected chi connectivity index (χ4v) is 4.01. The first kappa shape index (κ1) is 15.4. The van der Waals surface area contributed by atoms with Crippen molar-refractivity contribution < 1.29 is 14.8 Å². The van der Waals surface area contributed by atoms with E-state index >= 15 is 0 Å². The smallest absolute Gasteiger partial charge is 0.347 e. The minimum atomic E-state index is -1.05. The van der Waals surface area contributed by atoms with Crippen LogP contribution >= 0.6 is 23.1 Å². The van der Waals surface area contributed by atoms with E-state index in [1.165, 1.54) is 4.68 Å². The quantitative estimate of drug-likeness (QED) is 0.663. The van der Waals surface area contributed by atoms with E-state index in [1.54, 1.807) is 13.8 Å². The minimum Gasteiger partial charge on any atom is -0.477 e. The molecule has 0 aromatic carbocycles. The van der Waals surface area contributed by atoms with Gasteiger partial charge in [0.15, 0.2) is 9.37 Å². The lowest BCUT2D eigenvalue weighted by Gasteiger charge is -2.00. The molecule has 0 bridgehead atoms. The van der Waals surface area contributed by atoms with Gasteiger partial charge in [0, 0.05) is 6.54 Å². The molecule has 8 nitrogen and oxygen atoms in total. The molecule has 0 unspecified atom stereocenters. The van der Waals surface area contributed by atoms with E-state index in [4.69, 9.17) is 5.11 Å². The fourth-order valence-electron chi connectivity index (χ4n) is 1.77. The van der Waals surface area contributed by atoms with E-state index in [0.717, 1.165) is 23.1 Å². The van der Waals surface area contributed by atoms with Crippen molar-refractivity contribution in [1.29, 1.82) is 0 Å². The third-order valence-corrected chi connectivity index (χ3v) is 4.99. The molecule has 21 heavy (non-hydrogen) atoms. The molecular weight excluding hydrogens is 316 g/mol. The first-order chi connectivity index (χ1) is 9.85. The van der Waals surface area contributed by atoms with Gasteiger partial charge in [-0.2, -0.15) is 5.10 Å². The molecule has 0 saturated carbocycles.